The van der Waals surface area contributed by atoms with Crippen molar-refractivity contribution in [1.29, 1.82) is 0 Å². The third-order valence-electron chi connectivity index (χ3n) is 1.40. The number of primary amides is 1. The minimum atomic E-state index is -0.553. The third-order valence-corrected chi connectivity index (χ3v) is 1.40. The largest absolute Gasteiger partial charge is 0.369 e. The number of nitrogens with zero attached hydrogens (tertiary/aromatic N) is 1. The van der Waals surface area contributed by atoms with E-state index in [1.54, 1.807) is 12.1 Å². The van der Waals surface area contributed by atoms with E-state index in [1.165, 1.54) is 18.3 Å². The highest BCUT2D eigenvalue weighted by atomic mass is 19.1. The number of halogens is 1. The van der Waals surface area contributed by atoms with Crippen LogP contribution < -0.4 is 5.73 Å². The zero-order valence-corrected chi connectivity index (χ0v) is 6.90. The molecule has 1 aromatic heterocycles. The molecule has 3 nitrogen and oxygen atoms in total. The summed E-state index contributed by atoms with van der Waals surface area (Å²) in [5.74, 6) is -0.997. The Morgan fingerprint density at radius 2 is 2.46 bits per heavy atom. The van der Waals surface area contributed by atoms with E-state index in [0.717, 1.165) is 0 Å². The van der Waals surface area contributed by atoms with Crippen LogP contribution in [0.2, 0.25) is 0 Å². The van der Waals surface area contributed by atoms with Crippen molar-refractivity contribution in [2.75, 3.05) is 0 Å². The summed E-state index contributed by atoms with van der Waals surface area (Å²) in [5, 5.41) is 0. The summed E-state index contributed by atoms with van der Waals surface area (Å²) in [7, 11) is 0. The quantitative estimate of drug-likeness (QED) is 0.708. The number of nitrogens with two attached hydrogens (primary N) is 1. The van der Waals surface area contributed by atoms with Gasteiger partial charge in [0.2, 0.25) is 11.9 Å². The maximum Gasteiger partial charge on any atom is 0.221 e. The SMILES string of the molecule is NC(=O)CC=Cc1cccnc1F. The van der Waals surface area contributed by atoms with Crippen LogP contribution >= 0.6 is 0 Å². The zero-order valence-electron chi connectivity index (χ0n) is 6.90. The lowest BCUT2D eigenvalue weighted by Crippen LogP contribution is -2.07. The Morgan fingerprint density at radius 3 is 3.08 bits per heavy atom. The summed E-state index contributed by atoms with van der Waals surface area (Å²) in [4.78, 5) is 13.8. The van der Waals surface area contributed by atoms with Crippen LogP contribution in [0, 0.1) is 5.95 Å². The number of amides is 1. The van der Waals surface area contributed by atoms with Gasteiger partial charge in [0.1, 0.15) is 0 Å². The van der Waals surface area contributed by atoms with E-state index < -0.39 is 11.9 Å². The maximum atomic E-state index is 12.8. The monoisotopic (exact) mass is 180 g/mol. The lowest BCUT2D eigenvalue weighted by atomic mass is 10.2. The standard InChI is InChI=1S/C9H9FN2O/c10-9-7(4-2-6-12-9)3-1-5-8(11)13/h1-4,6H,5H2,(H2,11,13). The van der Waals surface area contributed by atoms with Crippen LogP contribution in [0.3, 0.4) is 0 Å². The van der Waals surface area contributed by atoms with Crippen molar-refractivity contribution in [3.05, 3.63) is 35.9 Å². The number of hydrogen-bond acceptors (Lipinski definition) is 2. The van der Waals surface area contributed by atoms with Gasteiger partial charge in [-0.05, 0) is 12.1 Å². The van der Waals surface area contributed by atoms with E-state index in [-0.39, 0.29) is 6.42 Å². The van der Waals surface area contributed by atoms with Crippen LogP contribution in [0.15, 0.2) is 24.4 Å². The van der Waals surface area contributed by atoms with Gasteiger partial charge in [-0.15, -0.1) is 0 Å². The van der Waals surface area contributed by atoms with Gasteiger partial charge in [-0.2, -0.15) is 4.39 Å². The molecule has 1 aromatic rings. The molecule has 68 valence electrons. The Bertz CT molecular complexity index is 336. The minimum Gasteiger partial charge on any atom is -0.369 e. The van der Waals surface area contributed by atoms with Crippen LogP contribution in [-0.4, -0.2) is 10.9 Å². The Kier molecular flexibility index (Phi) is 3.14. The molecule has 0 aliphatic rings. The molecule has 4 heteroatoms. The predicted octanol–water partition coefficient (Wildman–Crippen LogP) is 1.11. The molecule has 0 aliphatic carbocycles. The van der Waals surface area contributed by atoms with E-state index in [2.05, 4.69) is 4.98 Å². The highest BCUT2D eigenvalue weighted by Gasteiger charge is 1.96. The molecule has 1 rings (SSSR count). The highest BCUT2D eigenvalue weighted by Crippen LogP contribution is 2.05. The Morgan fingerprint density at radius 1 is 1.69 bits per heavy atom. The number of pyridine rings is 1. The lowest BCUT2D eigenvalue weighted by Gasteiger charge is -1.92. The molecule has 0 saturated heterocycles. The summed E-state index contributed by atoms with van der Waals surface area (Å²) >= 11 is 0. The zero-order chi connectivity index (χ0) is 9.68. The van der Waals surface area contributed by atoms with Crippen molar-refractivity contribution in [3.8, 4) is 0 Å². The summed E-state index contributed by atoms with van der Waals surface area (Å²) < 4.78 is 12.8. The normalized spacial score (nSPS) is 10.5. The molecule has 0 fully saturated rings. The van der Waals surface area contributed by atoms with Gasteiger partial charge in [0.05, 0.1) is 0 Å². The molecule has 0 unspecified atom stereocenters. The molecule has 1 heterocycles. The summed E-state index contributed by atoms with van der Waals surface area (Å²) in [6.45, 7) is 0. The molecule has 0 radical (unpaired) electrons. The molecule has 0 bridgehead atoms. The summed E-state index contributed by atoms with van der Waals surface area (Å²) in [5.41, 5.74) is 5.25. The average molecular weight is 180 g/mol. The summed E-state index contributed by atoms with van der Waals surface area (Å²) in [6.07, 6.45) is 4.45. The van der Waals surface area contributed by atoms with Crippen LogP contribution in [-0.2, 0) is 4.79 Å². The predicted molar refractivity (Wildman–Crippen MR) is 47.0 cm³/mol. The molecule has 1 amide bonds. The van der Waals surface area contributed by atoms with E-state index in [4.69, 9.17) is 5.73 Å². The van der Waals surface area contributed by atoms with Gasteiger partial charge in [0, 0.05) is 18.2 Å². The van der Waals surface area contributed by atoms with Crippen molar-refractivity contribution < 1.29 is 9.18 Å². The molecule has 0 aliphatic heterocycles. The molecule has 0 atom stereocenters. The van der Waals surface area contributed by atoms with Gasteiger partial charge in [-0.25, -0.2) is 4.98 Å². The fraction of sp³-hybridized carbons (Fsp3) is 0.111. The number of hydrogen-bond donors (Lipinski definition) is 1. The molecule has 13 heavy (non-hydrogen) atoms. The Hall–Kier alpha value is -1.71. The molecular formula is C9H9FN2O. The third kappa shape index (κ3) is 3.02. The van der Waals surface area contributed by atoms with Gasteiger partial charge in [-0.3, -0.25) is 4.79 Å². The fourth-order valence-corrected chi connectivity index (χ4v) is 0.825. The summed E-state index contributed by atoms with van der Waals surface area (Å²) in [6, 6.07) is 3.19. The topological polar surface area (TPSA) is 56.0 Å². The lowest BCUT2D eigenvalue weighted by molar-refractivity contribution is -0.117. The van der Waals surface area contributed by atoms with Crippen molar-refractivity contribution in [1.82, 2.24) is 4.98 Å². The van der Waals surface area contributed by atoms with Gasteiger partial charge in [0.25, 0.3) is 0 Å². The fourth-order valence-electron chi connectivity index (χ4n) is 0.825. The average Bonchev–Trinajstić information content (AvgIpc) is 2.08. The van der Waals surface area contributed by atoms with E-state index in [0.29, 0.717) is 5.56 Å². The first kappa shape index (κ1) is 9.38. The minimum absolute atomic E-state index is 0.105. The first-order valence-corrected chi connectivity index (χ1v) is 3.75. The van der Waals surface area contributed by atoms with E-state index in [1.807, 2.05) is 0 Å². The van der Waals surface area contributed by atoms with Crippen molar-refractivity contribution in [3.63, 3.8) is 0 Å². The number of carbonyl (C=O) groups excluding carboxylic acids is 1. The molecule has 2 N–H and O–H groups in total. The highest BCUT2D eigenvalue weighted by molar-refractivity contribution is 5.76. The second-order valence-corrected chi connectivity index (χ2v) is 2.46. The van der Waals surface area contributed by atoms with E-state index in [9.17, 15) is 9.18 Å². The number of rotatable bonds is 3. The van der Waals surface area contributed by atoms with Gasteiger partial charge < -0.3 is 5.73 Å². The second-order valence-electron chi connectivity index (χ2n) is 2.46. The number of aromatic nitrogens is 1. The van der Waals surface area contributed by atoms with E-state index >= 15 is 0 Å². The second kappa shape index (κ2) is 4.35. The van der Waals surface area contributed by atoms with Crippen LogP contribution in [0.1, 0.15) is 12.0 Å². The first-order valence-electron chi connectivity index (χ1n) is 3.75. The van der Waals surface area contributed by atoms with Crippen LogP contribution in [0.5, 0.6) is 0 Å². The van der Waals surface area contributed by atoms with Crippen molar-refractivity contribution in [2.24, 2.45) is 5.73 Å². The maximum absolute atomic E-state index is 12.8. The Balaban J connectivity index is 2.68. The van der Waals surface area contributed by atoms with Crippen molar-refractivity contribution >= 4 is 12.0 Å². The number of carbonyl (C=O) groups is 1. The molecule has 0 spiro atoms. The van der Waals surface area contributed by atoms with Gasteiger partial charge in [0.15, 0.2) is 0 Å². The first-order chi connectivity index (χ1) is 6.20. The molecule has 0 aromatic carbocycles. The van der Waals surface area contributed by atoms with Gasteiger partial charge >= 0.3 is 0 Å². The smallest absolute Gasteiger partial charge is 0.221 e. The van der Waals surface area contributed by atoms with Gasteiger partial charge in [-0.1, -0.05) is 12.2 Å². The molecule has 0 saturated carbocycles. The molecular weight excluding hydrogens is 171 g/mol. The van der Waals surface area contributed by atoms with Crippen LogP contribution in [0.4, 0.5) is 4.39 Å². The van der Waals surface area contributed by atoms with Crippen molar-refractivity contribution in [2.45, 2.75) is 6.42 Å². The Labute approximate surface area is 75.1 Å². The van der Waals surface area contributed by atoms with Crippen LogP contribution in [0.25, 0.3) is 6.08 Å².